The van der Waals surface area contributed by atoms with Crippen LogP contribution in [0.2, 0.25) is 0 Å². The van der Waals surface area contributed by atoms with Gasteiger partial charge in [-0.25, -0.2) is 4.39 Å². The summed E-state index contributed by atoms with van der Waals surface area (Å²) in [6.45, 7) is 8.47. The lowest BCUT2D eigenvalue weighted by Crippen LogP contribution is -2.44. The predicted molar refractivity (Wildman–Crippen MR) is 77.9 cm³/mol. The summed E-state index contributed by atoms with van der Waals surface area (Å²) < 4.78 is 18.8. The molecule has 2 nitrogen and oxygen atoms in total. The number of benzene rings is 1. The number of hydrogen-bond donors (Lipinski definition) is 1. The molecule has 3 heteroatoms. The van der Waals surface area contributed by atoms with Gasteiger partial charge in [0, 0.05) is 6.61 Å². The maximum atomic E-state index is 13.1. The standard InChI is InChI=1S/C17H23FO2/c1-4-10-17(19,13-5-7-15(18)8-6-13)14-9-11-20-16(2,3)12-14/h4-8,14,19H,1,9-12H2,2-3H3. The van der Waals surface area contributed by atoms with Crippen molar-refractivity contribution in [2.24, 2.45) is 5.92 Å². The van der Waals surface area contributed by atoms with Crippen LogP contribution < -0.4 is 0 Å². The topological polar surface area (TPSA) is 29.5 Å². The largest absolute Gasteiger partial charge is 0.385 e. The zero-order chi connectivity index (χ0) is 14.8. The SMILES string of the molecule is C=CCC(O)(c1ccc(F)cc1)C1CCOC(C)(C)C1. The summed E-state index contributed by atoms with van der Waals surface area (Å²) in [6, 6.07) is 6.13. The van der Waals surface area contributed by atoms with Gasteiger partial charge in [0.05, 0.1) is 11.2 Å². The van der Waals surface area contributed by atoms with Crippen molar-refractivity contribution >= 4 is 0 Å². The molecule has 2 rings (SSSR count). The van der Waals surface area contributed by atoms with Crippen LogP contribution in [0.4, 0.5) is 4.39 Å². The van der Waals surface area contributed by atoms with E-state index in [0.29, 0.717) is 13.0 Å². The zero-order valence-electron chi connectivity index (χ0n) is 12.2. The first-order valence-corrected chi connectivity index (χ1v) is 7.11. The molecule has 110 valence electrons. The molecule has 0 aromatic heterocycles. The van der Waals surface area contributed by atoms with E-state index in [1.165, 1.54) is 12.1 Å². The lowest BCUT2D eigenvalue weighted by molar-refractivity contribution is -0.130. The first-order valence-electron chi connectivity index (χ1n) is 7.11. The van der Waals surface area contributed by atoms with Crippen LogP contribution in [-0.2, 0) is 10.3 Å². The van der Waals surface area contributed by atoms with Gasteiger partial charge >= 0.3 is 0 Å². The molecular weight excluding hydrogens is 255 g/mol. The Balaban J connectivity index is 2.33. The van der Waals surface area contributed by atoms with E-state index in [-0.39, 0.29) is 17.3 Å². The van der Waals surface area contributed by atoms with E-state index in [9.17, 15) is 9.50 Å². The van der Waals surface area contributed by atoms with E-state index in [1.54, 1.807) is 18.2 Å². The molecule has 1 aromatic carbocycles. The van der Waals surface area contributed by atoms with Crippen molar-refractivity contribution in [2.75, 3.05) is 6.61 Å². The Bertz CT molecular complexity index is 466. The van der Waals surface area contributed by atoms with E-state index in [4.69, 9.17) is 4.74 Å². The van der Waals surface area contributed by atoms with Crippen LogP contribution in [0.25, 0.3) is 0 Å². The molecule has 0 bridgehead atoms. The minimum atomic E-state index is -1.00. The van der Waals surface area contributed by atoms with Gasteiger partial charge in [-0.15, -0.1) is 6.58 Å². The molecule has 1 N–H and O–H groups in total. The minimum absolute atomic E-state index is 0.0784. The van der Waals surface area contributed by atoms with Gasteiger partial charge in [0.25, 0.3) is 0 Å². The van der Waals surface area contributed by atoms with Crippen LogP contribution >= 0.6 is 0 Å². The van der Waals surface area contributed by atoms with Gasteiger partial charge in [-0.2, -0.15) is 0 Å². The molecule has 1 heterocycles. The van der Waals surface area contributed by atoms with Gasteiger partial charge in [-0.05, 0) is 56.7 Å². The first kappa shape index (κ1) is 15.2. The van der Waals surface area contributed by atoms with Crippen molar-refractivity contribution < 1.29 is 14.2 Å². The summed E-state index contributed by atoms with van der Waals surface area (Å²) in [5.41, 5.74) is -0.490. The summed E-state index contributed by atoms with van der Waals surface area (Å²) in [4.78, 5) is 0. The van der Waals surface area contributed by atoms with E-state index < -0.39 is 5.60 Å². The summed E-state index contributed by atoms with van der Waals surface area (Å²) in [6.07, 6.45) is 3.76. The fourth-order valence-corrected chi connectivity index (χ4v) is 3.12. The lowest BCUT2D eigenvalue weighted by atomic mass is 9.71. The van der Waals surface area contributed by atoms with Gasteiger partial charge in [-0.1, -0.05) is 18.2 Å². The smallest absolute Gasteiger partial charge is 0.123 e. The minimum Gasteiger partial charge on any atom is -0.385 e. The maximum absolute atomic E-state index is 13.1. The number of ether oxygens (including phenoxy) is 1. The molecule has 1 fully saturated rings. The zero-order valence-corrected chi connectivity index (χ0v) is 12.2. The molecule has 1 saturated heterocycles. The third-order valence-corrected chi connectivity index (χ3v) is 4.17. The fraction of sp³-hybridized carbons (Fsp3) is 0.529. The highest BCUT2D eigenvalue weighted by Gasteiger charge is 2.42. The Hall–Kier alpha value is -1.19. The van der Waals surface area contributed by atoms with Gasteiger partial charge in [0.1, 0.15) is 5.82 Å². The Morgan fingerprint density at radius 2 is 2.10 bits per heavy atom. The molecule has 1 aliphatic rings. The molecule has 2 unspecified atom stereocenters. The Labute approximate surface area is 120 Å². The molecule has 0 saturated carbocycles. The van der Waals surface area contributed by atoms with Crippen molar-refractivity contribution in [2.45, 2.75) is 44.3 Å². The van der Waals surface area contributed by atoms with Crippen LogP contribution in [0.5, 0.6) is 0 Å². The number of hydrogen-bond acceptors (Lipinski definition) is 2. The number of aliphatic hydroxyl groups is 1. The molecule has 1 aliphatic heterocycles. The maximum Gasteiger partial charge on any atom is 0.123 e. The van der Waals surface area contributed by atoms with Crippen LogP contribution in [-0.4, -0.2) is 17.3 Å². The quantitative estimate of drug-likeness (QED) is 0.849. The van der Waals surface area contributed by atoms with Crippen LogP contribution in [0.1, 0.15) is 38.7 Å². The lowest BCUT2D eigenvalue weighted by Gasteiger charge is -2.44. The monoisotopic (exact) mass is 278 g/mol. The Morgan fingerprint density at radius 3 is 2.65 bits per heavy atom. The van der Waals surface area contributed by atoms with E-state index in [1.807, 2.05) is 13.8 Å². The molecular formula is C17H23FO2. The van der Waals surface area contributed by atoms with Crippen molar-refractivity contribution in [1.29, 1.82) is 0 Å². The normalized spacial score (nSPS) is 24.9. The average Bonchev–Trinajstić information content (AvgIpc) is 2.38. The predicted octanol–water partition coefficient (Wildman–Crippen LogP) is 3.79. The third kappa shape index (κ3) is 3.10. The van der Waals surface area contributed by atoms with Crippen molar-refractivity contribution in [1.82, 2.24) is 0 Å². The van der Waals surface area contributed by atoms with Gasteiger partial charge in [-0.3, -0.25) is 0 Å². The van der Waals surface area contributed by atoms with Crippen LogP contribution in [0.3, 0.4) is 0 Å². The molecule has 0 radical (unpaired) electrons. The summed E-state index contributed by atoms with van der Waals surface area (Å²) in [7, 11) is 0. The molecule has 0 amide bonds. The summed E-state index contributed by atoms with van der Waals surface area (Å²) >= 11 is 0. The van der Waals surface area contributed by atoms with Crippen LogP contribution in [0, 0.1) is 11.7 Å². The molecule has 1 aromatic rings. The van der Waals surface area contributed by atoms with Crippen molar-refractivity contribution in [3.63, 3.8) is 0 Å². The fourth-order valence-electron chi connectivity index (χ4n) is 3.12. The highest BCUT2D eigenvalue weighted by atomic mass is 19.1. The van der Waals surface area contributed by atoms with Crippen molar-refractivity contribution in [3.05, 3.63) is 48.3 Å². The third-order valence-electron chi connectivity index (χ3n) is 4.17. The van der Waals surface area contributed by atoms with E-state index in [0.717, 1.165) is 18.4 Å². The molecule has 2 atom stereocenters. The second-order valence-electron chi connectivity index (χ2n) is 6.22. The van der Waals surface area contributed by atoms with Gasteiger partial charge < -0.3 is 9.84 Å². The summed E-state index contributed by atoms with van der Waals surface area (Å²) in [5, 5.41) is 11.2. The molecule has 0 aliphatic carbocycles. The van der Waals surface area contributed by atoms with Gasteiger partial charge in [0.15, 0.2) is 0 Å². The van der Waals surface area contributed by atoms with Crippen molar-refractivity contribution in [3.8, 4) is 0 Å². The second kappa shape index (κ2) is 5.66. The van der Waals surface area contributed by atoms with Crippen LogP contribution in [0.15, 0.2) is 36.9 Å². The molecule has 20 heavy (non-hydrogen) atoms. The second-order valence-corrected chi connectivity index (χ2v) is 6.22. The number of rotatable bonds is 4. The first-order chi connectivity index (χ1) is 9.37. The highest BCUT2D eigenvalue weighted by molar-refractivity contribution is 5.25. The Morgan fingerprint density at radius 1 is 1.45 bits per heavy atom. The van der Waals surface area contributed by atoms with E-state index >= 15 is 0 Å². The number of halogens is 1. The highest BCUT2D eigenvalue weighted by Crippen LogP contribution is 2.43. The average molecular weight is 278 g/mol. The van der Waals surface area contributed by atoms with Gasteiger partial charge in [0.2, 0.25) is 0 Å². The molecule has 0 spiro atoms. The van der Waals surface area contributed by atoms with E-state index in [2.05, 4.69) is 6.58 Å². The Kier molecular flexibility index (Phi) is 4.31. The summed E-state index contributed by atoms with van der Waals surface area (Å²) in [5.74, 6) is -0.211.